The molecule has 1 radical (unpaired) electrons. The zero-order valence-electron chi connectivity index (χ0n) is 5.83. The fraction of sp³-hybridized carbons (Fsp3) is 0.429. The van der Waals surface area contributed by atoms with Crippen molar-refractivity contribution in [1.29, 1.82) is 0 Å². The average molecular weight is 123 g/mol. The second-order valence-electron chi connectivity index (χ2n) is 2.30. The van der Waals surface area contributed by atoms with Gasteiger partial charge in [0.25, 0.3) is 0 Å². The zero-order chi connectivity index (χ0) is 6.85. The first kappa shape index (κ1) is 6.33. The van der Waals surface area contributed by atoms with Gasteiger partial charge >= 0.3 is 0 Å². The summed E-state index contributed by atoms with van der Waals surface area (Å²) in [4.78, 5) is 6.09. The highest BCUT2D eigenvalue weighted by Crippen LogP contribution is 2.05. The first-order chi connectivity index (χ1) is 4.20. The lowest BCUT2D eigenvalue weighted by atomic mass is 10.3. The summed E-state index contributed by atoms with van der Waals surface area (Å²) in [6, 6.07) is 0. The summed E-state index contributed by atoms with van der Waals surface area (Å²) in [5.74, 6) is 0. The summed E-state index contributed by atoms with van der Waals surface area (Å²) >= 11 is 0. The van der Waals surface area contributed by atoms with Gasteiger partial charge in [0.1, 0.15) is 6.17 Å². The molecule has 1 rings (SSSR count). The number of hydrogen-bond donors (Lipinski definition) is 0. The van der Waals surface area contributed by atoms with Crippen LogP contribution in [0.2, 0.25) is 0 Å². The Kier molecular flexibility index (Phi) is 1.56. The molecular formula is C7H11N2. The van der Waals surface area contributed by atoms with Gasteiger partial charge in [0.2, 0.25) is 0 Å². The molecule has 1 unspecified atom stereocenters. The van der Waals surface area contributed by atoms with Crippen molar-refractivity contribution in [2.24, 2.45) is 4.99 Å². The number of hydrogen-bond acceptors (Lipinski definition) is 2. The van der Waals surface area contributed by atoms with Crippen LogP contribution in [0.25, 0.3) is 0 Å². The van der Waals surface area contributed by atoms with E-state index in [0.717, 1.165) is 0 Å². The van der Waals surface area contributed by atoms with Gasteiger partial charge in [-0.15, -0.1) is 0 Å². The van der Waals surface area contributed by atoms with Crippen LogP contribution in [-0.4, -0.2) is 24.3 Å². The molecule has 0 aromatic rings. The summed E-state index contributed by atoms with van der Waals surface area (Å²) in [6.07, 6.45) is 3.94. The highest BCUT2D eigenvalue weighted by Gasteiger charge is 2.05. The van der Waals surface area contributed by atoms with Gasteiger partial charge in [-0.05, 0) is 19.4 Å². The third-order valence-corrected chi connectivity index (χ3v) is 1.33. The average Bonchev–Trinajstić information content (AvgIpc) is 1.80. The van der Waals surface area contributed by atoms with Crippen LogP contribution in [0.3, 0.4) is 0 Å². The first-order valence-electron chi connectivity index (χ1n) is 2.97. The molecule has 0 fully saturated rings. The monoisotopic (exact) mass is 123 g/mol. The maximum Gasteiger partial charge on any atom is 0.120 e. The van der Waals surface area contributed by atoms with Gasteiger partial charge in [-0.2, -0.15) is 0 Å². The Hall–Kier alpha value is -0.790. The summed E-state index contributed by atoms with van der Waals surface area (Å²) in [5.41, 5.74) is 1.18. The molecule has 0 amide bonds. The Morgan fingerprint density at radius 1 is 1.78 bits per heavy atom. The molecule has 1 heterocycles. The van der Waals surface area contributed by atoms with E-state index in [1.165, 1.54) is 5.57 Å². The Bertz CT molecular complexity index is 158. The molecule has 0 N–H and O–H groups in total. The summed E-state index contributed by atoms with van der Waals surface area (Å²) in [6.45, 7) is 5.82. The van der Waals surface area contributed by atoms with Gasteiger partial charge in [0, 0.05) is 19.5 Å². The Balaban J connectivity index is 2.70. The molecule has 0 spiro atoms. The molecule has 1 aliphatic rings. The van der Waals surface area contributed by atoms with Crippen LogP contribution in [0, 0.1) is 6.92 Å². The normalized spacial score (nSPS) is 26.3. The molecular weight excluding hydrogens is 112 g/mol. The Labute approximate surface area is 55.9 Å². The Morgan fingerprint density at radius 3 is 2.89 bits per heavy atom. The summed E-state index contributed by atoms with van der Waals surface area (Å²) in [5, 5.41) is 0. The van der Waals surface area contributed by atoms with Crippen LogP contribution in [0.15, 0.2) is 16.8 Å². The molecule has 0 saturated carbocycles. The van der Waals surface area contributed by atoms with Crippen molar-refractivity contribution in [2.75, 3.05) is 7.05 Å². The zero-order valence-corrected chi connectivity index (χ0v) is 5.83. The second-order valence-corrected chi connectivity index (χ2v) is 2.30. The molecule has 0 aromatic carbocycles. The van der Waals surface area contributed by atoms with Crippen LogP contribution in [0.4, 0.5) is 0 Å². The quantitative estimate of drug-likeness (QED) is 0.470. The fourth-order valence-electron chi connectivity index (χ4n) is 0.749. The lowest BCUT2D eigenvalue weighted by molar-refractivity contribution is 0.387. The molecule has 2 heteroatoms. The van der Waals surface area contributed by atoms with Crippen LogP contribution in [0.5, 0.6) is 0 Å². The van der Waals surface area contributed by atoms with E-state index in [9.17, 15) is 0 Å². The minimum absolute atomic E-state index is 0.0636. The van der Waals surface area contributed by atoms with Crippen molar-refractivity contribution in [3.8, 4) is 0 Å². The minimum Gasteiger partial charge on any atom is -0.359 e. The van der Waals surface area contributed by atoms with E-state index in [4.69, 9.17) is 0 Å². The van der Waals surface area contributed by atoms with E-state index in [1.807, 2.05) is 31.3 Å². The van der Waals surface area contributed by atoms with Gasteiger partial charge in [0.05, 0.1) is 0 Å². The van der Waals surface area contributed by atoms with Gasteiger partial charge in [-0.25, -0.2) is 0 Å². The molecule has 1 aliphatic heterocycles. The van der Waals surface area contributed by atoms with Gasteiger partial charge < -0.3 is 4.90 Å². The first-order valence-corrected chi connectivity index (χ1v) is 2.97. The smallest absolute Gasteiger partial charge is 0.120 e. The number of aliphatic imine (C=N–C) groups is 1. The predicted molar refractivity (Wildman–Crippen MR) is 39.2 cm³/mol. The maximum atomic E-state index is 4.11. The number of nitrogens with zero attached hydrogens (tertiary/aromatic N) is 2. The molecule has 0 saturated heterocycles. The maximum absolute atomic E-state index is 4.11. The topological polar surface area (TPSA) is 15.6 Å². The molecule has 1 atom stereocenters. The third kappa shape index (κ3) is 1.31. The number of allylic oxidation sites excluding steroid dienone is 1. The largest absolute Gasteiger partial charge is 0.359 e. The fourth-order valence-corrected chi connectivity index (χ4v) is 0.749. The van der Waals surface area contributed by atoms with Gasteiger partial charge in [0.15, 0.2) is 0 Å². The standard InChI is InChI=1S/C7H11N2/c1-6-4-8-7(2)9(3)5-6/h4-5,7H,2H2,1,3H3. The molecule has 0 bridgehead atoms. The van der Waals surface area contributed by atoms with Crippen LogP contribution in [0.1, 0.15) is 6.92 Å². The molecule has 0 aromatic heterocycles. The van der Waals surface area contributed by atoms with Crippen LogP contribution >= 0.6 is 0 Å². The van der Waals surface area contributed by atoms with E-state index in [-0.39, 0.29) is 6.17 Å². The van der Waals surface area contributed by atoms with E-state index in [0.29, 0.717) is 0 Å². The summed E-state index contributed by atoms with van der Waals surface area (Å²) < 4.78 is 0. The SMILES string of the molecule is [CH2]C1N=CC(C)=CN1C. The van der Waals surface area contributed by atoms with Gasteiger partial charge in [-0.1, -0.05) is 0 Å². The lowest BCUT2D eigenvalue weighted by Gasteiger charge is -2.22. The number of rotatable bonds is 0. The highest BCUT2D eigenvalue weighted by molar-refractivity contribution is 5.78. The summed E-state index contributed by atoms with van der Waals surface area (Å²) in [7, 11) is 1.97. The van der Waals surface area contributed by atoms with E-state index < -0.39 is 0 Å². The van der Waals surface area contributed by atoms with Crippen molar-refractivity contribution in [1.82, 2.24) is 4.90 Å². The molecule has 9 heavy (non-hydrogen) atoms. The van der Waals surface area contributed by atoms with E-state index >= 15 is 0 Å². The predicted octanol–water partition coefficient (Wildman–Crippen LogP) is 1.07. The molecule has 2 nitrogen and oxygen atoms in total. The Morgan fingerprint density at radius 2 is 2.44 bits per heavy atom. The van der Waals surface area contributed by atoms with E-state index in [1.54, 1.807) is 0 Å². The lowest BCUT2D eigenvalue weighted by Crippen LogP contribution is -2.25. The minimum atomic E-state index is 0.0636. The van der Waals surface area contributed by atoms with Crippen LogP contribution in [-0.2, 0) is 0 Å². The third-order valence-electron chi connectivity index (χ3n) is 1.33. The van der Waals surface area contributed by atoms with Crippen molar-refractivity contribution < 1.29 is 0 Å². The van der Waals surface area contributed by atoms with Crippen molar-refractivity contribution in [2.45, 2.75) is 13.1 Å². The van der Waals surface area contributed by atoms with Crippen molar-refractivity contribution >= 4 is 6.21 Å². The van der Waals surface area contributed by atoms with E-state index in [2.05, 4.69) is 11.9 Å². The van der Waals surface area contributed by atoms with Crippen molar-refractivity contribution in [3.63, 3.8) is 0 Å². The highest BCUT2D eigenvalue weighted by atomic mass is 15.2. The second kappa shape index (κ2) is 2.21. The van der Waals surface area contributed by atoms with Crippen LogP contribution < -0.4 is 0 Å². The molecule has 49 valence electrons. The van der Waals surface area contributed by atoms with Gasteiger partial charge in [-0.3, -0.25) is 4.99 Å². The van der Waals surface area contributed by atoms with Crippen molar-refractivity contribution in [3.05, 3.63) is 18.7 Å². The molecule has 0 aliphatic carbocycles.